The molecule has 150 valence electrons. The molecule has 0 unspecified atom stereocenters. The number of nitrogen functional groups attached to an aromatic ring is 1. The molecule has 0 aliphatic rings. The molecule has 29 heavy (non-hydrogen) atoms. The number of benzene rings is 2. The topological polar surface area (TPSA) is 125 Å². The minimum Gasteiger partial charge on any atom is -0.398 e. The SMILES string of the molecule is CNS(=O)(=O)Cc1ccc(NC(=O)C(=N)c2cc(-c3cccs3)ccc2N)cc1. The number of carbonyl (C=O) groups excluding carboxylic acids is 1. The number of carbonyl (C=O) groups is 1. The first-order valence-electron chi connectivity index (χ1n) is 8.63. The standard InChI is InChI=1S/C20H20N4O3S2/c1-23-29(26,27)12-13-4-7-15(8-5-13)24-20(25)19(22)16-11-14(6-9-17(16)21)18-3-2-10-28-18/h2-11,22-23H,12,21H2,1H3,(H,24,25). The molecule has 3 rings (SSSR count). The predicted molar refractivity (Wildman–Crippen MR) is 118 cm³/mol. The van der Waals surface area contributed by atoms with Gasteiger partial charge in [0.2, 0.25) is 10.0 Å². The lowest BCUT2D eigenvalue weighted by molar-refractivity contribution is -0.110. The third kappa shape index (κ3) is 5.08. The maximum Gasteiger partial charge on any atom is 0.274 e. The summed E-state index contributed by atoms with van der Waals surface area (Å²) in [5, 5.41) is 12.9. The van der Waals surface area contributed by atoms with Gasteiger partial charge in [-0.05, 0) is 53.9 Å². The highest BCUT2D eigenvalue weighted by atomic mass is 32.2. The Morgan fingerprint density at radius 2 is 1.86 bits per heavy atom. The van der Waals surface area contributed by atoms with E-state index in [0.29, 0.717) is 22.5 Å². The monoisotopic (exact) mass is 428 g/mol. The van der Waals surface area contributed by atoms with Crippen molar-refractivity contribution < 1.29 is 13.2 Å². The van der Waals surface area contributed by atoms with Gasteiger partial charge in [-0.15, -0.1) is 11.3 Å². The van der Waals surface area contributed by atoms with Crippen molar-refractivity contribution in [3.8, 4) is 10.4 Å². The van der Waals surface area contributed by atoms with Gasteiger partial charge in [0, 0.05) is 21.8 Å². The van der Waals surface area contributed by atoms with Crippen molar-refractivity contribution >= 4 is 44.4 Å². The van der Waals surface area contributed by atoms with E-state index in [4.69, 9.17) is 11.1 Å². The van der Waals surface area contributed by atoms with Crippen molar-refractivity contribution in [3.05, 3.63) is 71.1 Å². The summed E-state index contributed by atoms with van der Waals surface area (Å²) in [6.45, 7) is 0. The van der Waals surface area contributed by atoms with E-state index in [9.17, 15) is 13.2 Å². The molecule has 0 atom stereocenters. The second-order valence-electron chi connectivity index (χ2n) is 6.27. The Hall–Kier alpha value is -3.01. The van der Waals surface area contributed by atoms with Crippen LogP contribution in [0.15, 0.2) is 60.0 Å². The lowest BCUT2D eigenvalue weighted by Crippen LogP contribution is -2.24. The first-order chi connectivity index (χ1) is 13.8. The first-order valence-corrected chi connectivity index (χ1v) is 11.2. The van der Waals surface area contributed by atoms with E-state index in [1.807, 2.05) is 23.6 Å². The summed E-state index contributed by atoms with van der Waals surface area (Å²) in [5.41, 5.74) is 8.36. The molecule has 3 aromatic rings. The van der Waals surface area contributed by atoms with Crippen molar-refractivity contribution in [3.63, 3.8) is 0 Å². The first kappa shape index (κ1) is 20.7. The van der Waals surface area contributed by atoms with E-state index >= 15 is 0 Å². The molecule has 1 heterocycles. The van der Waals surface area contributed by atoms with E-state index in [-0.39, 0.29) is 11.5 Å². The molecule has 1 aromatic heterocycles. The summed E-state index contributed by atoms with van der Waals surface area (Å²) in [6, 6.07) is 15.6. The summed E-state index contributed by atoms with van der Waals surface area (Å²) < 4.78 is 25.5. The van der Waals surface area contributed by atoms with Gasteiger partial charge >= 0.3 is 0 Å². The number of nitrogens with one attached hydrogen (secondary N) is 3. The van der Waals surface area contributed by atoms with Gasteiger partial charge in [-0.3, -0.25) is 10.2 Å². The fourth-order valence-electron chi connectivity index (χ4n) is 2.66. The minimum atomic E-state index is -3.37. The van der Waals surface area contributed by atoms with E-state index in [1.165, 1.54) is 7.05 Å². The summed E-state index contributed by atoms with van der Waals surface area (Å²) in [4.78, 5) is 13.5. The lowest BCUT2D eigenvalue weighted by atomic mass is 10.0. The van der Waals surface area contributed by atoms with Gasteiger partial charge in [0.05, 0.1) is 5.75 Å². The van der Waals surface area contributed by atoms with Crippen LogP contribution in [0.2, 0.25) is 0 Å². The Balaban J connectivity index is 1.74. The molecule has 0 aliphatic carbocycles. The van der Waals surface area contributed by atoms with Gasteiger partial charge in [-0.25, -0.2) is 13.1 Å². The quantitative estimate of drug-likeness (QED) is 0.341. The van der Waals surface area contributed by atoms with Crippen LogP contribution >= 0.6 is 11.3 Å². The van der Waals surface area contributed by atoms with Gasteiger partial charge in [-0.1, -0.05) is 24.3 Å². The minimum absolute atomic E-state index is 0.153. The van der Waals surface area contributed by atoms with Gasteiger partial charge < -0.3 is 11.1 Å². The molecule has 0 saturated heterocycles. The molecule has 0 fully saturated rings. The maximum atomic E-state index is 12.5. The molecule has 7 nitrogen and oxygen atoms in total. The molecule has 0 aliphatic heterocycles. The predicted octanol–water partition coefficient (Wildman–Crippen LogP) is 3.05. The third-order valence-corrected chi connectivity index (χ3v) is 6.49. The number of sulfonamides is 1. The van der Waals surface area contributed by atoms with Crippen LogP contribution in [0.25, 0.3) is 10.4 Å². The van der Waals surface area contributed by atoms with E-state index in [2.05, 4.69) is 10.0 Å². The van der Waals surface area contributed by atoms with Crippen molar-refractivity contribution in [1.82, 2.24) is 4.72 Å². The highest BCUT2D eigenvalue weighted by Gasteiger charge is 2.16. The van der Waals surface area contributed by atoms with Crippen LogP contribution in [0, 0.1) is 5.41 Å². The number of anilines is 2. The second-order valence-corrected chi connectivity index (χ2v) is 9.14. The highest BCUT2D eigenvalue weighted by Crippen LogP contribution is 2.28. The van der Waals surface area contributed by atoms with E-state index in [0.717, 1.165) is 10.4 Å². The molecular weight excluding hydrogens is 408 g/mol. The van der Waals surface area contributed by atoms with Crippen LogP contribution in [0.3, 0.4) is 0 Å². The summed E-state index contributed by atoms with van der Waals surface area (Å²) in [7, 11) is -2.01. The van der Waals surface area contributed by atoms with Crippen molar-refractivity contribution in [2.45, 2.75) is 5.75 Å². The zero-order valence-corrected chi connectivity index (χ0v) is 17.2. The fourth-order valence-corrected chi connectivity index (χ4v) is 4.16. The highest BCUT2D eigenvalue weighted by molar-refractivity contribution is 7.88. The molecule has 0 radical (unpaired) electrons. The normalized spacial score (nSPS) is 11.2. The van der Waals surface area contributed by atoms with Crippen LogP contribution in [0.1, 0.15) is 11.1 Å². The van der Waals surface area contributed by atoms with Gasteiger partial charge in [-0.2, -0.15) is 0 Å². The Morgan fingerprint density at radius 1 is 1.14 bits per heavy atom. The largest absolute Gasteiger partial charge is 0.398 e. The third-order valence-electron chi connectivity index (χ3n) is 4.23. The zero-order chi connectivity index (χ0) is 21.0. The molecule has 5 N–H and O–H groups in total. The zero-order valence-electron chi connectivity index (χ0n) is 15.6. The second kappa shape index (κ2) is 8.56. The number of nitrogens with two attached hydrogens (primary N) is 1. The van der Waals surface area contributed by atoms with Crippen molar-refractivity contribution in [1.29, 1.82) is 5.41 Å². The smallest absolute Gasteiger partial charge is 0.274 e. The number of hydrogen-bond acceptors (Lipinski definition) is 6. The molecule has 0 saturated carbocycles. The Bertz CT molecular complexity index is 1140. The van der Waals surface area contributed by atoms with Crippen molar-refractivity contribution in [2.75, 3.05) is 18.1 Å². The lowest BCUT2D eigenvalue weighted by Gasteiger charge is -2.11. The van der Waals surface area contributed by atoms with Gasteiger partial charge in [0.1, 0.15) is 5.71 Å². The Labute approximate surface area is 173 Å². The maximum absolute atomic E-state index is 12.5. The molecule has 0 spiro atoms. The average Bonchev–Trinajstić information content (AvgIpc) is 3.24. The summed E-state index contributed by atoms with van der Waals surface area (Å²) >= 11 is 1.56. The number of hydrogen-bond donors (Lipinski definition) is 4. The van der Waals surface area contributed by atoms with Crippen molar-refractivity contribution in [2.24, 2.45) is 0 Å². The number of thiophene rings is 1. The average molecular weight is 429 g/mol. The fraction of sp³-hybridized carbons (Fsp3) is 0.100. The molecule has 9 heteroatoms. The van der Waals surface area contributed by atoms with E-state index < -0.39 is 15.9 Å². The van der Waals surface area contributed by atoms with Crippen LogP contribution in [0.5, 0.6) is 0 Å². The van der Waals surface area contributed by atoms with Crippen LogP contribution in [-0.2, 0) is 20.6 Å². The number of rotatable bonds is 7. The van der Waals surface area contributed by atoms with Crippen LogP contribution in [-0.4, -0.2) is 27.1 Å². The molecule has 0 bridgehead atoms. The van der Waals surface area contributed by atoms with Crippen LogP contribution in [0.4, 0.5) is 11.4 Å². The molecule has 1 amide bonds. The Kier molecular flexibility index (Phi) is 6.12. The van der Waals surface area contributed by atoms with Crippen LogP contribution < -0.4 is 15.8 Å². The summed E-state index contributed by atoms with van der Waals surface area (Å²) in [6.07, 6.45) is 0. The van der Waals surface area contributed by atoms with E-state index in [1.54, 1.807) is 47.7 Å². The molecular formula is C20H20N4O3S2. The summed E-state index contributed by atoms with van der Waals surface area (Å²) in [5.74, 6) is -0.754. The molecule has 2 aromatic carbocycles. The van der Waals surface area contributed by atoms with Gasteiger partial charge in [0.15, 0.2) is 0 Å². The van der Waals surface area contributed by atoms with Gasteiger partial charge in [0.25, 0.3) is 5.91 Å². The Morgan fingerprint density at radius 3 is 2.48 bits per heavy atom. The number of amides is 1.